The standard InChI is InChI=1S/C13H20F3N3OS/c1-9-5-3-4-6-10(9)20-7-8-21-12-18-17-11(19(12)2)13(14,15)16/h9-10H,3-8H2,1-2H3/t9-,10-/m0/s1. The molecule has 1 heterocycles. The maximum absolute atomic E-state index is 12.6. The molecular formula is C13H20F3N3OS. The third-order valence-electron chi connectivity index (χ3n) is 3.77. The predicted octanol–water partition coefficient (Wildman–Crippen LogP) is 3.52. The largest absolute Gasteiger partial charge is 0.451 e. The molecule has 0 radical (unpaired) electrons. The molecule has 1 fully saturated rings. The average molecular weight is 323 g/mol. The minimum absolute atomic E-state index is 0.266. The van der Waals surface area contributed by atoms with Gasteiger partial charge in [0, 0.05) is 12.8 Å². The molecule has 0 spiro atoms. The molecule has 0 unspecified atom stereocenters. The Balaban J connectivity index is 1.77. The molecule has 4 nitrogen and oxygen atoms in total. The van der Waals surface area contributed by atoms with Gasteiger partial charge in [-0.25, -0.2) is 0 Å². The lowest BCUT2D eigenvalue weighted by Gasteiger charge is -2.28. The first-order valence-corrected chi connectivity index (χ1v) is 8.09. The zero-order valence-corrected chi connectivity index (χ0v) is 13.0. The Kier molecular flexibility index (Phi) is 5.54. The van der Waals surface area contributed by atoms with Crippen molar-refractivity contribution in [2.24, 2.45) is 13.0 Å². The van der Waals surface area contributed by atoms with Crippen LogP contribution in [0.2, 0.25) is 0 Å². The third-order valence-corrected chi connectivity index (χ3v) is 4.75. The highest BCUT2D eigenvalue weighted by atomic mass is 32.2. The van der Waals surface area contributed by atoms with Gasteiger partial charge in [0.2, 0.25) is 5.82 Å². The number of hydrogen-bond acceptors (Lipinski definition) is 4. The van der Waals surface area contributed by atoms with Gasteiger partial charge in [-0.1, -0.05) is 31.5 Å². The van der Waals surface area contributed by atoms with Gasteiger partial charge in [-0.05, 0) is 18.8 Å². The summed E-state index contributed by atoms with van der Waals surface area (Å²) in [6.07, 6.45) is 0.540. The summed E-state index contributed by atoms with van der Waals surface area (Å²) < 4.78 is 44.5. The first-order valence-electron chi connectivity index (χ1n) is 7.10. The van der Waals surface area contributed by atoms with Gasteiger partial charge in [0.1, 0.15) is 0 Å². The molecule has 8 heteroatoms. The third kappa shape index (κ3) is 4.35. The Labute approximate surface area is 126 Å². The minimum atomic E-state index is -4.46. The fraction of sp³-hybridized carbons (Fsp3) is 0.846. The van der Waals surface area contributed by atoms with Crippen LogP contribution in [0.15, 0.2) is 5.16 Å². The van der Waals surface area contributed by atoms with Gasteiger partial charge in [0.25, 0.3) is 0 Å². The second-order valence-corrected chi connectivity index (χ2v) is 6.44. The van der Waals surface area contributed by atoms with Crippen LogP contribution in [0.25, 0.3) is 0 Å². The highest BCUT2D eigenvalue weighted by Crippen LogP contribution is 2.30. The SMILES string of the molecule is C[C@H]1CCCC[C@@H]1OCCSc1nnc(C(F)(F)F)n1C. The summed E-state index contributed by atoms with van der Waals surface area (Å²) in [5, 5.41) is 7.04. The summed E-state index contributed by atoms with van der Waals surface area (Å²) >= 11 is 1.24. The van der Waals surface area contributed by atoms with Crippen LogP contribution in [0, 0.1) is 5.92 Å². The maximum atomic E-state index is 12.6. The molecule has 2 atom stereocenters. The quantitative estimate of drug-likeness (QED) is 0.614. The van der Waals surface area contributed by atoms with Crippen LogP contribution < -0.4 is 0 Å². The number of aromatic nitrogens is 3. The Morgan fingerprint density at radius 2 is 2.00 bits per heavy atom. The molecule has 0 N–H and O–H groups in total. The van der Waals surface area contributed by atoms with E-state index >= 15 is 0 Å². The van der Waals surface area contributed by atoms with Gasteiger partial charge in [-0.2, -0.15) is 13.2 Å². The van der Waals surface area contributed by atoms with Crippen LogP contribution >= 0.6 is 11.8 Å². The van der Waals surface area contributed by atoms with Crippen molar-refractivity contribution < 1.29 is 17.9 Å². The zero-order valence-electron chi connectivity index (χ0n) is 12.2. The van der Waals surface area contributed by atoms with Crippen LogP contribution in [0.4, 0.5) is 13.2 Å². The lowest BCUT2D eigenvalue weighted by atomic mass is 9.88. The highest BCUT2D eigenvalue weighted by Gasteiger charge is 2.37. The van der Waals surface area contributed by atoms with Crippen LogP contribution in [0.1, 0.15) is 38.4 Å². The molecule has 0 aliphatic heterocycles. The Hall–Kier alpha value is -0.760. The summed E-state index contributed by atoms with van der Waals surface area (Å²) in [6.45, 7) is 2.71. The van der Waals surface area contributed by atoms with Crippen molar-refractivity contribution in [3.05, 3.63) is 5.82 Å². The number of thioether (sulfide) groups is 1. The van der Waals surface area contributed by atoms with E-state index in [1.54, 1.807) is 0 Å². The number of hydrogen-bond donors (Lipinski definition) is 0. The number of rotatable bonds is 5. The second kappa shape index (κ2) is 7.00. The van der Waals surface area contributed by atoms with Crippen molar-refractivity contribution in [1.82, 2.24) is 14.8 Å². The van der Waals surface area contributed by atoms with E-state index in [1.165, 1.54) is 38.1 Å². The normalized spacial score (nSPS) is 23.5. The molecule has 2 rings (SSSR count). The molecule has 0 aromatic carbocycles. The summed E-state index contributed by atoms with van der Waals surface area (Å²) in [4.78, 5) is 0. The number of halogens is 3. The molecule has 120 valence electrons. The van der Waals surface area contributed by atoms with Crippen LogP contribution in [0.3, 0.4) is 0 Å². The monoisotopic (exact) mass is 323 g/mol. The van der Waals surface area contributed by atoms with Crippen molar-refractivity contribution in [1.29, 1.82) is 0 Å². The van der Waals surface area contributed by atoms with Gasteiger partial charge >= 0.3 is 6.18 Å². The molecule has 1 aromatic rings. The van der Waals surface area contributed by atoms with Crippen molar-refractivity contribution in [2.45, 2.75) is 50.0 Å². The van der Waals surface area contributed by atoms with E-state index in [-0.39, 0.29) is 11.3 Å². The van der Waals surface area contributed by atoms with Gasteiger partial charge in [-0.3, -0.25) is 0 Å². The first-order chi connectivity index (χ1) is 9.89. The predicted molar refractivity (Wildman–Crippen MR) is 74.1 cm³/mol. The Morgan fingerprint density at radius 1 is 1.29 bits per heavy atom. The second-order valence-electron chi connectivity index (χ2n) is 5.38. The molecule has 0 bridgehead atoms. The molecule has 1 saturated carbocycles. The Bertz CT molecular complexity index is 464. The molecule has 0 saturated heterocycles. The van der Waals surface area contributed by atoms with Crippen molar-refractivity contribution in [3.63, 3.8) is 0 Å². The van der Waals surface area contributed by atoms with Crippen molar-refractivity contribution >= 4 is 11.8 Å². The van der Waals surface area contributed by atoms with Crippen molar-refractivity contribution in [3.8, 4) is 0 Å². The van der Waals surface area contributed by atoms with Gasteiger partial charge in [0.05, 0.1) is 12.7 Å². The number of nitrogens with zero attached hydrogens (tertiary/aromatic N) is 3. The summed E-state index contributed by atoms with van der Waals surface area (Å²) in [5.74, 6) is 0.176. The van der Waals surface area contributed by atoms with Crippen molar-refractivity contribution in [2.75, 3.05) is 12.4 Å². The van der Waals surface area contributed by atoms with E-state index < -0.39 is 12.0 Å². The van der Waals surface area contributed by atoms with E-state index in [9.17, 15) is 13.2 Å². The zero-order chi connectivity index (χ0) is 15.5. The summed E-state index contributed by atoms with van der Waals surface area (Å²) in [5.41, 5.74) is 0. The smallest absolute Gasteiger partial charge is 0.377 e. The van der Waals surface area contributed by atoms with E-state index in [2.05, 4.69) is 17.1 Å². The molecule has 21 heavy (non-hydrogen) atoms. The highest BCUT2D eigenvalue weighted by molar-refractivity contribution is 7.99. The van der Waals surface area contributed by atoms with E-state index in [4.69, 9.17) is 4.74 Å². The average Bonchev–Trinajstić information content (AvgIpc) is 2.78. The summed E-state index contributed by atoms with van der Waals surface area (Å²) in [7, 11) is 1.33. The molecular weight excluding hydrogens is 303 g/mol. The van der Waals surface area contributed by atoms with E-state index in [0.29, 0.717) is 18.3 Å². The van der Waals surface area contributed by atoms with E-state index in [0.717, 1.165) is 11.0 Å². The van der Waals surface area contributed by atoms with Crippen LogP contribution in [0.5, 0.6) is 0 Å². The topological polar surface area (TPSA) is 39.9 Å². The van der Waals surface area contributed by atoms with Crippen LogP contribution in [-0.4, -0.2) is 33.2 Å². The summed E-state index contributed by atoms with van der Waals surface area (Å²) in [6, 6.07) is 0. The van der Waals surface area contributed by atoms with Crippen LogP contribution in [-0.2, 0) is 18.0 Å². The van der Waals surface area contributed by atoms with Gasteiger partial charge in [-0.15, -0.1) is 10.2 Å². The lowest BCUT2D eigenvalue weighted by Crippen LogP contribution is -2.26. The van der Waals surface area contributed by atoms with Gasteiger partial charge < -0.3 is 9.30 Å². The van der Waals surface area contributed by atoms with E-state index in [1.807, 2.05) is 0 Å². The fourth-order valence-corrected chi connectivity index (χ4v) is 3.29. The van der Waals surface area contributed by atoms with Gasteiger partial charge in [0.15, 0.2) is 5.16 Å². The first kappa shape index (κ1) is 16.6. The molecule has 0 amide bonds. The minimum Gasteiger partial charge on any atom is -0.377 e. The fourth-order valence-electron chi connectivity index (χ4n) is 2.55. The molecule has 1 aliphatic rings. The molecule has 1 aliphatic carbocycles. The lowest BCUT2D eigenvalue weighted by molar-refractivity contribution is -0.147. The molecule has 1 aromatic heterocycles. The Morgan fingerprint density at radius 3 is 2.62 bits per heavy atom. The maximum Gasteiger partial charge on any atom is 0.451 e. The number of alkyl halides is 3. The number of ether oxygens (including phenoxy) is 1.